The molecule has 1 aromatic rings. The Morgan fingerprint density at radius 1 is 1.21 bits per heavy atom. The first-order chi connectivity index (χ1) is 12.9. The predicted octanol–water partition coefficient (Wildman–Crippen LogP) is 2.74. The summed E-state index contributed by atoms with van der Waals surface area (Å²) in [6.45, 7) is 0.822. The van der Waals surface area contributed by atoms with Crippen molar-refractivity contribution < 1.29 is 36.2 Å². The Hall–Kier alpha value is -2.04. The van der Waals surface area contributed by atoms with Crippen LogP contribution in [0.15, 0.2) is 18.2 Å². The molecule has 1 amide bonds. The van der Waals surface area contributed by atoms with Gasteiger partial charge in [0.25, 0.3) is 0 Å². The summed E-state index contributed by atoms with van der Waals surface area (Å²) < 4.78 is 75.7. The van der Waals surface area contributed by atoms with Crippen molar-refractivity contribution in [3.8, 4) is 0 Å². The number of nitrogens with zero attached hydrogens (tertiary/aromatic N) is 2. The van der Waals surface area contributed by atoms with Crippen molar-refractivity contribution in [2.75, 3.05) is 18.0 Å². The second-order valence-corrected chi connectivity index (χ2v) is 7.22. The molecule has 1 aliphatic carbocycles. The van der Waals surface area contributed by atoms with Crippen LogP contribution in [0.3, 0.4) is 0 Å². The van der Waals surface area contributed by atoms with E-state index in [1.165, 1.54) is 12.1 Å². The number of pyridine rings is 1. The topological polar surface area (TPSA) is 65.5 Å². The first-order valence-electron chi connectivity index (χ1n) is 8.78. The third kappa shape index (κ3) is 4.50. The van der Waals surface area contributed by atoms with Gasteiger partial charge in [-0.15, -0.1) is 0 Å². The van der Waals surface area contributed by atoms with E-state index in [1.54, 1.807) is 4.90 Å². The van der Waals surface area contributed by atoms with Crippen LogP contribution in [0.25, 0.3) is 0 Å². The van der Waals surface area contributed by atoms with E-state index < -0.39 is 36.5 Å². The van der Waals surface area contributed by atoms with Crippen LogP contribution in [0.2, 0.25) is 0 Å². The molecular weight excluding hydrogens is 392 g/mol. The van der Waals surface area contributed by atoms with Crippen LogP contribution in [0.1, 0.15) is 25.0 Å². The van der Waals surface area contributed by atoms with Crippen molar-refractivity contribution in [3.05, 3.63) is 23.9 Å². The zero-order chi connectivity index (χ0) is 20.7. The third-order valence-corrected chi connectivity index (χ3v) is 5.31. The summed E-state index contributed by atoms with van der Waals surface area (Å²) in [7, 11) is 0. The molecule has 0 bridgehead atoms. The van der Waals surface area contributed by atoms with Gasteiger partial charge >= 0.3 is 12.4 Å². The number of nitrogens with one attached hydrogen (secondary N) is 1. The summed E-state index contributed by atoms with van der Waals surface area (Å²) in [5.74, 6) is -0.703. The minimum atomic E-state index is -4.87. The number of rotatable bonds is 4. The van der Waals surface area contributed by atoms with Gasteiger partial charge in [-0.25, -0.2) is 4.98 Å². The first kappa shape index (κ1) is 20.7. The number of carbonyl (C=O) groups is 1. The van der Waals surface area contributed by atoms with E-state index in [0.29, 0.717) is 25.9 Å². The van der Waals surface area contributed by atoms with E-state index >= 15 is 0 Å². The maximum absolute atomic E-state index is 12.9. The molecule has 0 aromatic carbocycles. The number of halogens is 6. The lowest BCUT2D eigenvalue weighted by Gasteiger charge is -2.23. The minimum Gasteiger partial charge on any atom is -0.383 e. The molecule has 0 radical (unpaired) electrons. The number of carbonyl (C=O) groups excluding carboxylic acids is 1. The summed E-state index contributed by atoms with van der Waals surface area (Å²) in [5.41, 5.74) is -0.993. The lowest BCUT2D eigenvalue weighted by atomic mass is 9.97. The van der Waals surface area contributed by atoms with Gasteiger partial charge in [0.1, 0.15) is 11.5 Å². The Morgan fingerprint density at radius 3 is 2.57 bits per heavy atom. The Bertz CT molecular complexity index is 724. The maximum Gasteiger partial charge on any atom is 0.433 e. The summed E-state index contributed by atoms with van der Waals surface area (Å²) in [5, 5.41) is 11.5. The maximum atomic E-state index is 12.9. The van der Waals surface area contributed by atoms with Gasteiger partial charge in [0, 0.05) is 25.0 Å². The molecule has 1 unspecified atom stereocenters. The highest BCUT2D eigenvalue weighted by molar-refractivity contribution is 5.77. The number of aliphatic hydroxyl groups excluding tert-OH is 1. The van der Waals surface area contributed by atoms with E-state index in [-0.39, 0.29) is 23.7 Å². The first-order valence-corrected chi connectivity index (χ1v) is 8.78. The summed E-state index contributed by atoms with van der Waals surface area (Å²) >= 11 is 0. The lowest BCUT2D eigenvalue weighted by Crippen LogP contribution is -2.42. The van der Waals surface area contributed by atoms with Crippen molar-refractivity contribution >= 4 is 11.7 Å². The Balaban J connectivity index is 1.62. The number of aromatic nitrogens is 1. The molecule has 3 rings (SSSR count). The summed E-state index contributed by atoms with van der Waals surface area (Å²) in [4.78, 5) is 17.2. The highest BCUT2D eigenvalue weighted by Crippen LogP contribution is 2.40. The van der Waals surface area contributed by atoms with Crippen molar-refractivity contribution in [3.63, 3.8) is 0 Å². The van der Waals surface area contributed by atoms with Crippen LogP contribution in [0.5, 0.6) is 0 Å². The SMILES string of the molecule is O=C(CC(O)C(F)(F)F)N[C@H]1CC[C@@H]2CN(c3cccc(C(F)(F)F)n3)C[C@@H]21. The average molecular weight is 411 g/mol. The van der Waals surface area contributed by atoms with E-state index in [2.05, 4.69) is 10.3 Å². The summed E-state index contributed by atoms with van der Waals surface area (Å²) in [6, 6.07) is 3.25. The fraction of sp³-hybridized carbons (Fsp3) is 0.647. The van der Waals surface area contributed by atoms with Crippen molar-refractivity contribution in [2.24, 2.45) is 11.8 Å². The number of fused-ring (bicyclic) bond motifs is 1. The normalized spacial score (nSPS) is 26.2. The summed E-state index contributed by atoms with van der Waals surface area (Å²) in [6.07, 6.45) is -11.9. The molecule has 1 saturated carbocycles. The van der Waals surface area contributed by atoms with Gasteiger partial charge < -0.3 is 15.3 Å². The Kier molecular flexibility index (Phi) is 5.48. The van der Waals surface area contributed by atoms with E-state index in [4.69, 9.17) is 5.11 Å². The van der Waals surface area contributed by atoms with Crippen LogP contribution >= 0.6 is 0 Å². The smallest absolute Gasteiger partial charge is 0.383 e. The standard InChI is InChI=1S/C17H19F6N3O2/c18-16(19,20)12-2-1-3-14(25-12)26-7-9-4-5-11(10(9)8-26)24-15(28)6-13(27)17(21,22)23/h1-3,9-11,13,27H,4-8H2,(H,24,28)/t9-,10+,11+,13?/m1/s1. The van der Waals surface area contributed by atoms with Gasteiger partial charge in [-0.2, -0.15) is 26.3 Å². The number of hydrogen-bond donors (Lipinski definition) is 2. The molecule has 2 fully saturated rings. The zero-order valence-corrected chi connectivity index (χ0v) is 14.6. The number of amides is 1. The molecule has 2 N–H and O–H groups in total. The van der Waals surface area contributed by atoms with Crippen LogP contribution in [-0.2, 0) is 11.0 Å². The Morgan fingerprint density at radius 2 is 1.93 bits per heavy atom. The molecular formula is C17H19F6N3O2. The van der Waals surface area contributed by atoms with Crippen LogP contribution < -0.4 is 10.2 Å². The van der Waals surface area contributed by atoms with Crippen LogP contribution in [-0.4, -0.2) is 47.4 Å². The third-order valence-electron chi connectivity index (χ3n) is 5.31. The number of aliphatic hydroxyl groups is 1. The van der Waals surface area contributed by atoms with Crippen molar-refractivity contribution in [2.45, 2.75) is 43.8 Å². The molecule has 5 nitrogen and oxygen atoms in total. The molecule has 4 atom stereocenters. The van der Waals surface area contributed by atoms with Gasteiger partial charge in [0.2, 0.25) is 5.91 Å². The Labute approximate surface area is 156 Å². The fourth-order valence-electron chi connectivity index (χ4n) is 3.95. The van der Waals surface area contributed by atoms with E-state index in [0.717, 1.165) is 6.07 Å². The average Bonchev–Trinajstić information content (AvgIpc) is 3.15. The molecule has 1 aromatic heterocycles. The van der Waals surface area contributed by atoms with Crippen molar-refractivity contribution in [1.82, 2.24) is 10.3 Å². The van der Waals surface area contributed by atoms with Gasteiger partial charge in [0.05, 0.1) is 6.42 Å². The number of alkyl halides is 6. The van der Waals surface area contributed by atoms with Gasteiger partial charge in [0.15, 0.2) is 6.10 Å². The molecule has 2 heterocycles. The molecule has 0 spiro atoms. The monoisotopic (exact) mass is 411 g/mol. The largest absolute Gasteiger partial charge is 0.433 e. The number of hydrogen-bond acceptors (Lipinski definition) is 4. The second kappa shape index (κ2) is 7.41. The lowest BCUT2D eigenvalue weighted by molar-refractivity contribution is -0.206. The molecule has 11 heteroatoms. The van der Waals surface area contributed by atoms with Crippen molar-refractivity contribution in [1.29, 1.82) is 0 Å². The fourth-order valence-corrected chi connectivity index (χ4v) is 3.95. The molecule has 28 heavy (non-hydrogen) atoms. The zero-order valence-electron chi connectivity index (χ0n) is 14.6. The highest BCUT2D eigenvalue weighted by Gasteiger charge is 2.45. The van der Waals surface area contributed by atoms with Gasteiger partial charge in [-0.05, 0) is 30.9 Å². The predicted molar refractivity (Wildman–Crippen MR) is 86.3 cm³/mol. The van der Waals surface area contributed by atoms with E-state index in [9.17, 15) is 31.1 Å². The second-order valence-electron chi connectivity index (χ2n) is 7.22. The number of anilines is 1. The molecule has 1 aliphatic heterocycles. The van der Waals surface area contributed by atoms with Crippen LogP contribution in [0, 0.1) is 11.8 Å². The molecule has 156 valence electrons. The van der Waals surface area contributed by atoms with Gasteiger partial charge in [-0.1, -0.05) is 6.07 Å². The molecule has 1 saturated heterocycles. The highest BCUT2D eigenvalue weighted by atomic mass is 19.4. The molecule has 2 aliphatic rings. The minimum absolute atomic E-state index is 0.0941. The quantitative estimate of drug-likeness (QED) is 0.748. The van der Waals surface area contributed by atoms with E-state index in [1.807, 2.05) is 0 Å². The van der Waals surface area contributed by atoms with Gasteiger partial charge in [-0.3, -0.25) is 4.79 Å². The van der Waals surface area contributed by atoms with Crippen LogP contribution in [0.4, 0.5) is 32.2 Å².